The van der Waals surface area contributed by atoms with Gasteiger partial charge in [0.15, 0.2) is 0 Å². The Morgan fingerprint density at radius 3 is 2.95 bits per heavy atom. The van der Waals surface area contributed by atoms with E-state index in [4.69, 9.17) is 10.5 Å². The van der Waals surface area contributed by atoms with E-state index in [-0.39, 0.29) is 11.6 Å². The van der Waals surface area contributed by atoms with Gasteiger partial charge in [-0.1, -0.05) is 0 Å². The summed E-state index contributed by atoms with van der Waals surface area (Å²) in [4.78, 5) is 25.6. The van der Waals surface area contributed by atoms with Crippen molar-refractivity contribution in [1.29, 1.82) is 0 Å². The van der Waals surface area contributed by atoms with E-state index in [0.29, 0.717) is 23.5 Å². The highest BCUT2D eigenvalue weighted by atomic mass is 79.9. The van der Waals surface area contributed by atoms with Crippen molar-refractivity contribution in [3.05, 3.63) is 26.9 Å². The van der Waals surface area contributed by atoms with Crippen LogP contribution in [0.4, 0.5) is 11.5 Å². The molecule has 0 saturated carbocycles. The Hall–Kier alpha value is -1.74. The Labute approximate surface area is 123 Å². The second kappa shape index (κ2) is 6.14. The van der Waals surface area contributed by atoms with Crippen LogP contribution in [0.5, 0.6) is 0 Å². The van der Waals surface area contributed by atoms with Crippen molar-refractivity contribution in [3.8, 4) is 0 Å². The van der Waals surface area contributed by atoms with Gasteiger partial charge in [0.1, 0.15) is 18.1 Å². The molecule has 0 bridgehead atoms. The highest BCUT2D eigenvalue weighted by molar-refractivity contribution is 9.10. The van der Waals surface area contributed by atoms with Crippen LogP contribution >= 0.6 is 15.9 Å². The summed E-state index contributed by atoms with van der Waals surface area (Å²) in [7, 11) is 0. The first kappa shape index (κ1) is 14.7. The maximum atomic E-state index is 11.5. The van der Waals surface area contributed by atoms with E-state index in [2.05, 4.69) is 26.2 Å². The zero-order valence-corrected chi connectivity index (χ0v) is 12.0. The first-order valence-electron chi connectivity index (χ1n) is 5.92. The fraction of sp³-hybridized carbons (Fsp3) is 0.455. The molecule has 1 aromatic rings. The van der Waals surface area contributed by atoms with Crippen LogP contribution < -0.4 is 11.1 Å². The number of nitrogens with zero attached hydrogens (tertiary/aromatic N) is 2. The number of nitro groups is 1. The minimum atomic E-state index is -0.622. The third-order valence-corrected chi connectivity index (χ3v) is 3.68. The number of aromatic nitrogens is 1. The van der Waals surface area contributed by atoms with Crippen LogP contribution in [0.3, 0.4) is 0 Å². The summed E-state index contributed by atoms with van der Waals surface area (Å²) in [5.74, 6) is -0.199. The van der Waals surface area contributed by atoms with Crippen molar-refractivity contribution in [2.45, 2.75) is 12.5 Å². The number of ether oxygens (including phenoxy) is 1. The normalized spacial score (nSPS) is 19.6. The zero-order chi connectivity index (χ0) is 14.7. The number of amides is 1. The molecular formula is C11H13BrN4O4. The fourth-order valence-electron chi connectivity index (χ4n) is 2.02. The van der Waals surface area contributed by atoms with Gasteiger partial charge in [-0.3, -0.25) is 14.9 Å². The number of hydrogen-bond acceptors (Lipinski definition) is 6. The molecule has 2 rings (SSSR count). The van der Waals surface area contributed by atoms with Gasteiger partial charge in [-0.05, 0) is 22.4 Å². The van der Waals surface area contributed by atoms with Gasteiger partial charge >= 0.3 is 0 Å². The smallest absolute Gasteiger partial charge is 0.288 e. The number of carbonyl (C=O) groups excluding carboxylic acids is 1. The van der Waals surface area contributed by atoms with Crippen LogP contribution in [0.2, 0.25) is 0 Å². The molecular weight excluding hydrogens is 332 g/mol. The fourth-order valence-corrected chi connectivity index (χ4v) is 2.47. The molecule has 0 radical (unpaired) electrons. The van der Waals surface area contributed by atoms with Gasteiger partial charge in [0.05, 0.1) is 16.0 Å². The first-order chi connectivity index (χ1) is 9.49. The van der Waals surface area contributed by atoms with E-state index in [9.17, 15) is 14.9 Å². The van der Waals surface area contributed by atoms with Gasteiger partial charge in [0.25, 0.3) is 5.69 Å². The second-order valence-electron chi connectivity index (χ2n) is 4.43. The molecule has 8 nitrogen and oxygen atoms in total. The number of primary amides is 1. The Bertz CT molecular complexity index is 533. The van der Waals surface area contributed by atoms with Crippen molar-refractivity contribution >= 4 is 33.3 Å². The predicted molar refractivity (Wildman–Crippen MR) is 74.1 cm³/mol. The van der Waals surface area contributed by atoms with Crippen molar-refractivity contribution in [1.82, 2.24) is 4.98 Å². The lowest BCUT2D eigenvalue weighted by molar-refractivity contribution is -0.385. The maximum absolute atomic E-state index is 11.5. The lowest BCUT2D eigenvalue weighted by Gasteiger charge is -2.21. The predicted octanol–water partition coefficient (Wildman–Crippen LogP) is 1.05. The number of hydrogen-bond donors (Lipinski definition) is 2. The molecule has 1 fully saturated rings. The molecule has 20 heavy (non-hydrogen) atoms. The molecule has 0 unspecified atom stereocenters. The largest absolute Gasteiger partial charge is 0.381 e. The average Bonchev–Trinajstić information content (AvgIpc) is 2.90. The first-order valence-corrected chi connectivity index (χ1v) is 6.72. The average molecular weight is 345 g/mol. The number of carbonyl (C=O) groups is 1. The molecule has 0 spiro atoms. The topological polar surface area (TPSA) is 120 Å². The van der Waals surface area contributed by atoms with E-state index in [1.807, 2.05) is 0 Å². The SMILES string of the molecule is NC(=O)[C@@H](Nc1ncc([N+](=O)[O-])cc1Br)[C@@H]1CCOC1. The van der Waals surface area contributed by atoms with Gasteiger partial charge in [-0.2, -0.15) is 0 Å². The summed E-state index contributed by atoms with van der Waals surface area (Å²) in [6.45, 7) is 1.04. The van der Waals surface area contributed by atoms with Crippen molar-refractivity contribution < 1.29 is 14.5 Å². The Balaban J connectivity index is 2.18. The Morgan fingerprint density at radius 2 is 2.45 bits per heavy atom. The van der Waals surface area contributed by atoms with E-state index in [0.717, 1.165) is 12.6 Å². The highest BCUT2D eigenvalue weighted by Gasteiger charge is 2.30. The summed E-state index contributed by atoms with van der Waals surface area (Å²) in [5.41, 5.74) is 5.25. The molecule has 1 aromatic heterocycles. The third-order valence-electron chi connectivity index (χ3n) is 3.07. The maximum Gasteiger partial charge on any atom is 0.288 e. The van der Waals surface area contributed by atoms with Crippen molar-refractivity contribution in [2.75, 3.05) is 18.5 Å². The second-order valence-corrected chi connectivity index (χ2v) is 5.28. The molecule has 0 aliphatic carbocycles. The Morgan fingerprint density at radius 1 is 1.70 bits per heavy atom. The molecule has 2 heterocycles. The van der Waals surface area contributed by atoms with Crippen LogP contribution in [0.25, 0.3) is 0 Å². The standard InChI is InChI=1S/C11H13BrN4O4/c12-8-3-7(16(18)19)4-14-11(8)15-9(10(13)17)6-1-2-20-5-6/h3-4,6,9H,1-2,5H2,(H2,13,17)(H,14,15)/t6-,9+/m1/s1. The van der Waals surface area contributed by atoms with Gasteiger partial charge in [0, 0.05) is 18.6 Å². The van der Waals surface area contributed by atoms with Gasteiger partial charge in [0.2, 0.25) is 5.91 Å². The number of pyridine rings is 1. The molecule has 1 aliphatic rings. The third kappa shape index (κ3) is 3.23. The molecule has 0 aromatic carbocycles. The molecule has 1 amide bonds. The molecule has 9 heteroatoms. The van der Waals surface area contributed by atoms with Gasteiger partial charge in [-0.25, -0.2) is 4.98 Å². The van der Waals surface area contributed by atoms with E-state index in [1.54, 1.807) is 0 Å². The van der Waals surface area contributed by atoms with Crippen LogP contribution in [0.15, 0.2) is 16.7 Å². The lowest BCUT2D eigenvalue weighted by atomic mass is 9.98. The van der Waals surface area contributed by atoms with E-state index < -0.39 is 16.9 Å². The number of nitrogens with one attached hydrogen (secondary N) is 1. The van der Waals surface area contributed by atoms with Gasteiger partial charge < -0.3 is 15.8 Å². The number of rotatable bonds is 5. The highest BCUT2D eigenvalue weighted by Crippen LogP contribution is 2.27. The van der Waals surface area contributed by atoms with Crippen LogP contribution in [0.1, 0.15) is 6.42 Å². The van der Waals surface area contributed by atoms with Crippen LogP contribution in [0, 0.1) is 16.0 Å². The number of halogens is 1. The summed E-state index contributed by atoms with van der Waals surface area (Å²) < 4.78 is 5.64. The summed E-state index contributed by atoms with van der Waals surface area (Å²) in [6.07, 6.45) is 1.85. The summed E-state index contributed by atoms with van der Waals surface area (Å²) in [6, 6.07) is 0.696. The molecule has 108 valence electrons. The minimum absolute atomic E-state index is 0.0311. The molecule has 1 saturated heterocycles. The summed E-state index contributed by atoms with van der Waals surface area (Å²) in [5, 5.41) is 13.6. The van der Waals surface area contributed by atoms with Gasteiger partial charge in [-0.15, -0.1) is 0 Å². The number of anilines is 1. The molecule has 2 atom stereocenters. The van der Waals surface area contributed by atoms with Crippen molar-refractivity contribution in [2.24, 2.45) is 11.7 Å². The molecule has 3 N–H and O–H groups in total. The molecule has 1 aliphatic heterocycles. The number of nitrogens with two attached hydrogens (primary N) is 1. The van der Waals surface area contributed by atoms with E-state index in [1.165, 1.54) is 6.07 Å². The quantitative estimate of drug-likeness (QED) is 0.608. The minimum Gasteiger partial charge on any atom is -0.381 e. The lowest BCUT2D eigenvalue weighted by Crippen LogP contribution is -2.42. The zero-order valence-electron chi connectivity index (χ0n) is 10.4. The monoisotopic (exact) mass is 344 g/mol. The van der Waals surface area contributed by atoms with Crippen LogP contribution in [-0.4, -0.2) is 35.1 Å². The van der Waals surface area contributed by atoms with Crippen molar-refractivity contribution in [3.63, 3.8) is 0 Å². The Kier molecular flexibility index (Phi) is 4.50. The summed E-state index contributed by atoms with van der Waals surface area (Å²) >= 11 is 3.19. The van der Waals surface area contributed by atoms with E-state index >= 15 is 0 Å². The van der Waals surface area contributed by atoms with Crippen LogP contribution in [-0.2, 0) is 9.53 Å².